The Bertz CT molecular complexity index is 370. The van der Waals surface area contributed by atoms with Crippen molar-refractivity contribution in [1.29, 1.82) is 0 Å². The third kappa shape index (κ3) is 8.14. The maximum Gasteiger partial charge on any atom is 0.220 e. The number of rotatable bonds is 7. The number of aryl methyl sites for hydroxylation is 1. The Kier molecular flexibility index (Phi) is 9.74. The van der Waals surface area contributed by atoms with Crippen molar-refractivity contribution in [3.63, 3.8) is 0 Å². The number of carbonyl (C=O) groups is 1. The summed E-state index contributed by atoms with van der Waals surface area (Å²) in [5.41, 5.74) is 1.26. The van der Waals surface area contributed by atoms with Crippen molar-refractivity contribution < 1.29 is 4.79 Å². The van der Waals surface area contributed by atoms with Gasteiger partial charge in [0.05, 0.1) is 0 Å². The molecule has 5 heteroatoms. The van der Waals surface area contributed by atoms with Crippen LogP contribution < -0.4 is 10.6 Å². The fraction of sp³-hybridized carbons (Fsp3) is 0.500. The summed E-state index contributed by atoms with van der Waals surface area (Å²) in [5.74, 6) is 0.944. The molecule has 0 saturated heterocycles. The van der Waals surface area contributed by atoms with Gasteiger partial charge in [-0.2, -0.15) is 0 Å². The monoisotopic (exact) mass is 302 g/mol. The highest BCUT2D eigenvalue weighted by molar-refractivity contribution is 7.99. The fourth-order valence-corrected chi connectivity index (χ4v) is 2.21. The van der Waals surface area contributed by atoms with E-state index in [1.165, 1.54) is 10.5 Å². The lowest BCUT2D eigenvalue weighted by Gasteiger charge is -2.11. The molecular formula is C14H23ClN2OS. The number of hydrogen-bond acceptors (Lipinski definition) is 3. The van der Waals surface area contributed by atoms with Gasteiger partial charge in [-0.15, -0.1) is 24.2 Å². The van der Waals surface area contributed by atoms with E-state index in [1.807, 2.05) is 14.0 Å². The highest BCUT2D eigenvalue weighted by atomic mass is 35.5. The summed E-state index contributed by atoms with van der Waals surface area (Å²) in [7, 11) is 1.89. The van der Waals surface area contributed by atoms with E-state index in [-0.39, 0.29) is 18.3 Å². The summed E-state index contributed by atoms with van der Waals surface area (Å²) in [6.07, 6.45) is 0.564. The molecule has 0 radical (unpaired) electrons. The lowest BCUT2D eigenvalue weighted by atomic mass is 10.2. The van der Waals surface area contributed by atoms with Crippen LogP contribution >= 0.6 is 24.2 Å². The van der Waals surface area contributed by atoms with Crippen LogP contribution in [-0.2, 0) is 4.79 Å². The molecule has 2 N–H and O–H groups in total. The molecule has 1 aromatic rings. The van der Waals surface area contributed by atoms with Gasteiger partial charge in [0.25, 0.3) is 0 Å². The zero-order valence-electron chi connectivity index (χ0n) is 11.7. The van der Waals surface area contributed by atoms with Crippen LogP contribution in [0.15, 0.2) is 29.2 Å². The number of likely N-dealkylation sites (N-methyl/N-ethyl adjacent to an activating group) is 1. The molecule has 0 fully saturated rings. The second kappa shape index (κ2) is 10.1. The molecule has 1 unspecified atom stereocenters. The van der Waals surface area contributed by atoms with Crippen LogP contribution in [0.3, 0.4) is 0 Å². The molecule has 0 spiro atoms. The minimum Gasteiger partial charge on any atom is -0.355 e. The van der Waals surface area contributed by atoms with Crippen LogP contribution in [0.4, 0.5) is 0 Å². The van der Waals surface area contributed by atoms with Gasteiger partial charge < -0.3 is 10.6 Å². The van der Waals surface area contributed by atoms with E-state index in [4.69, 9.17) is 0 Å². The molecule has 0 aromatic heterocycles. The Morgan fingerprint density at radius 1 is 1.32 bits per heavy atom. The number of amides is 1. The summed E-state index contributed by atoms with van der Waals surface area (Å²) in [6, 6.07) is 8.70. The molecule has 3 nitrogen and oxygen atoms in total. The summed E-state index contributed by atoms with van der Waals surface area (Å²) in [4.78, 5) is 12.8. The Labute approximate surface area is 126 Å². The number of thioether (sulfide) groups is 1. The van der Waals surface area contributed by atoms with Gasteiger partial charge in [0.1, 0.15) is 0 Å². The van der Waals surface area contributed by atoms with Gasteiger partial charge in [-0.05, 0) is 33.0 Å². The smallest absolute Gasteiger partial charge is 0.220 e. The number of hydrogen-bond donors (Lipinski definition) is 2. The first kappa shape index (κ1) is 18.3. The van der Waals surface area contributed by atoms with Crippen molar-refractivity contribution in [1.82, 2.24) is 10.6 Å². The topological polar surface area (TPSA) is 41.1 Å². The van der Waals surface area contributed by atoms with Crippen LogP contribution in [-0.4, -0.2) is 31.3 Å². The molecule has 1 amide bonds. The van der Waals surface area contributed by atoms with Crippen LogP contribution in [0.1, 0.15) is 18.9 Å². The fourth-order valence-electron chi connectivity index (χ4n) is 1.35. The van der Waals surface area contributed by atoms with Crippen molar-refractivity contribution in [3.8, 4) is 0 Å². The molecule has 0 bridgehead atoms. The van der Waals surface area contributed by atoms with Gasteiger partial charge >= 0.3 is 0 Å². The number of benzene rings is 1. The lowest BCUT2D eigenvalue weighted by molar-refractivity contribution is -0.120. The third-order valence-corrected chi connectivity index (χ3v) is 3.73. The Morgan fingerprint density at radius 2 is 1.95 bits per heavy atom. The van der Waals surface area contributed by atoms with Gasteiger partial charge in [-0.1, -0.05) is 17.7 Å². The Morgan fingerprint density at radius 3 is 2.53 bits per heavy atom. The molecule has 19 heavy (non-hydrogen) atoms. The van der Waals surface area contributed by atoms with Crippen molar-refractivity contribution in [2.24, 2.45) is 0 Å². The molecule has 1 rings (SSSR count). The van der Waals surface area contributed by atoms with Gasteiger partial charge in [0, 0.05) is 29.7 Å². The summed E-state index contributed by atoms with van der Waals surface area (Å²) in [5, 5.41) is 6.00. The predicted molar refractivity (Wildman–Crippen MR) is 85.3 cm³/mol. The van der Waals surface area contributed by atoms with Crippen molar-refractivity contribution in [2.45, 2.75) is 31.2 Å². The third-order valence-electron chi connectivity index (χ3n) is 2.72. The zero-order chi connectivity index (χ0) is 13.4. The second-order valence-corrected chi connectivity index (χ2v) is 5.57. The van der Waals surface area contributed by atoms with E-state index < -0.39 is 0 Å². The van der Waals surface area contributed by atoms with Gasteiger partial charge in [-0.25, -0.2) is 0 Å². The molecule has 0 heterocycles. The maximum absolute atomic E-state index is 11.6. The first-order chi connectivity index (χ1) is 8.61. The lowest BCUT2D eigenvalue weighted by Crippen LogP contribution is -2.37. The minimum atomic E-state index is 0. The Balaban J connectivity index is 0.00000324. The molecule has 108 valence electrons. The SMILES string of the molecule is CNC(C)CNC(=O)CCSc1ccc(C)cc1.Cl. The van der Waals surface area contributed by atoms with Crippen LogP contribution in [0.2, 0.25) is 0 Å². The second-order valence-electron chi connectivity index (χ2n) is 4.41. The normalized spacial score (nSPS) is 11.5. The average molecular weight is 303 g/mol. The molecule has 0 aliphatic carbocycles. The molecule has 1 atom stereocenters. The largest absolute Gasteiger partial charge is 0.355 e. The van der Waals surface area contributed by atoms with E-state index in [0.29, 0.717) is 19.0 Å². The van der Waals surface area contributed by atoms with E-state index in [1.54, 1.807) is 11.8 Å². The average Bonchev–Trinajstić information content (AvgIpc) is 2.38. The van der Waals surface area contributed by atoms with E-state index in [2.05, 4.69) is 41.8 Å². The maximum atomic E-state index is 11.6. The summed E-state index contributed by atoms with van der Waals surface area (Å²) >= 11 is 1.72. The van der Waals surface area contributed by atoms with Crippen LogP contribution in [0, 0.1) is 6.92 Å². The number of carbonyl (C=O) groups excluding carboxylic acids is 1. The van der Waals surface area contributed by atoms with Gasteiger partial charge in [-0.3, -0.25) is 4.79 Å². The van der Waals surface area contributed by atoms with E-state index >= 15 is 0 Å². The highest BCUT2D eigenvalue weighted by Crippen LogP contribution is 2.18. The van der Waals surface area contributed by atoms with Crippen molar-refractivity contribution in [2.75, 3.05) is 19.3 Å². The molecule has 1 aromatic carbocycles. The Hall–Kier alpha value is -0.710. The molecule has 0 saturated carbocycles. The van der Waals surface area contributed by atoms with Crippen molar-refractivity contribution in [3.05, 3.63) is 29.8 Å². The highest BCUT2D eigenvalue weighted by Gasteiger charge is 2.04. The molecular weight excluding hydrogens is 280 g/mol. The van der Waals surface area contributed by atoms with E-state index in [0.717, 1.165) is 5.75 Å². The molecule has 0 aliphatic heterocycles. The minimum absolute atomic E-state index is 0. The van der Waals surface area contributed by atoms with Crippen LogP contribution in [0.5, 0.6) is 0 Å². The number of halogens is 1. The quantitative estimate of drug-likeness (QED) is 0.761. The molecule has 0 aliphatic rings. The first-order valence-corrected chi connectivity index (χ1v) is 7.24. The zero-order valence-corrected chi connectivity index (χ0v) is 13.4. The van der Waals surface area contributed by atoms with Gasteiger partial charge in [0.15, 0.2) is 0 Å². The predicted octanol–water partition coefficient (Wildman–Crippen LogP) is 2.62. The van der Waals surface area contributed by atoms with Gasteiger partial charge in [0.2, 0.25) is 5.91 Å². The summed E-state index contributed by atoms with van der Waals surface area (Å²) < 4.78 is 0. The summed E-state index contributed by atoms with van der Waals surface area (Å²) in [6.45, 7) is 4.80. The number of nitrogens with one attached hydrogen (secondary N) is 2. The van der Waals surface area contributed by atoms with E-state index in [9.17, 15) is 4.79 Å². The standard InChI is InChI=1S/C14H22N2OS.ClH/c1-11-4-6-13(7-5-11)18-9-8-14(17)16-10-12(2)15-3;/h4-7,12,15H,8-10H2,1-3H3,(H,16,17);1H. The van der Waals surface area contributed by atoms with Crippen LogP contribution in [0.25, 0.3) is 0 Å². The first-order valence-electron chi connectivity index (χ1n) is 6.25. The van der Waals surface area contributed by atoms with Crippen molar-refractivity contribution >= 4 is 30.1 Å².